The Morgan fingerprint density at radius 1 is 1.00 bits per heavy atom. The quantitative estimate of drug-likeness (QED) is 0.303. The molecule has 0 saturated carbocycles. The van der Waals surface area contributed by atoms with E-state index in [0.29, 0.717) is 17.9 Å². The SMILES string of the molecule is CNCCCNc1ccc(-c2cc(NC[C@@H](C)c3ccc(C(=O)NC)cc3OC)ncn2)cn1. The predicted octanol–water partition coefficient (Wildman–Crippen LogP) is 3.14. The Labute approximate surface area is 200 Å². The number of aromatic nitrogens is 3. The Morgan fingerprint density at radius 2 is 1.85 bits per heavy atom. The molecule has 2 aromatic heterocycles. The van der Waals surface area contributed by atoms with E-state index in [1.807, 2.05) is 43.6 Å². The normalized spacial score (nSPS) is 11.5. The van der Waals surface area contributed by atoms with E-state index < -0.39 is 0 Å². The monoisotopic (exact) mass is 463 g/mol. The van der Waals surface area contributed by atoms with Gasteiger partial charge in [0.25, 0.3) is 5.91 Å². The van der Waals surface area contributed by atoms with E-state index in [-0.39, 0.29) is 11.8 Å². The van der Waals surface area contributed by atoms with Gasteiger partial charge in [0.15, 0.2) is 0 Å². The summed E-state index contributed by atoms with van der Waals surface area (Å²) in [6.45, 7) is 4.57. The molecule has 1 amide bonds. The van der Waals surface area contributed by atoms with E-state index in [2.05, 4.69) is 43.1 Å². The number of hydrogen-bond donors (Lipinski definition) is 4. The smallest absolute Gasteiger partial charge is 0.251 e. The van der Waals surface area contributed by atoms with E-state index >= 15 is 0 Å². The van der Waals surface area contributed by atoms with Crippen LogP contribution < -0.4 is 26.0 Å². The number of carbonyl (C=O) groups excluding carboxylic acids is 1. The number of anilines is 2. The number of nitrogens with one attached hydrogen (secondary N) is 4. The van der Waals surface area contributed by atoms with Gasteiger partial charge in [-0.05, 0) is 49.8 Å². The Morgan fingerprint density at radius 3 is 2.56 bits per heavy atom. The fourth-order valence-electron chi connectivity index (χ4n) is 3.51. The Kier molecular flexibility index (Phi) is 9.16. The third-order valence-corrected chi connectivity index (χ3v) is 5.48. The van der Waals surface area contributed by atoms with Crippen LogP contribution in [0.2, 0.25) is 0 Å². The minimum Gasteiger partial charge on any atom is -0.496 e. The number of ether oxygens (including phenoxy) is 1. The number of carbonyl (C=O) groups is 1. The summed E-state index contributed by atoms with van der Waals surface area (Å²) in [6, 6.07) is 11.4. The topological polar surface area (TPSA) is 113 Å². The summed E-state index contributed by atoms with van der Waals surface area (Å²) in [5.41, 5.74) is 3.30. The third-order valence-electron chi connectivity index (χ3n) is 5.48. The molecule has 0 aliphatic heterocycles. The molecule has 0 aliphatic carbocycles. The van der Waals surface area contributed by atoms with Crippen LogP contribution in [0.3, 0.4) is 0 Å². The molecular formula is C25H33N7O2. The average molecular weight is 464 g/mol. The zero-order valence-electron chi connectivity index (χ0n) is 20.2. The van der Waals surface area contributed by atoms with Gasteiger partial charge in [0, 0.05) is 49.4 Å². The first-order valence-electron chi connectivity index (χ1n) is 11.4. The lowest BCUT2D eigenvalue weighted by Gasteiger charge is -2.17. The van der Waals surface area contributed by atoms with Crippen LogP contribution in [0.4, 0.5) is 11.6 Å². The number of methoxy groups -OCH3 is 1. The zero-order chi connectivity index (χ0) is 24.3. The van der Waals surface area contributed by atoms with Gasteiger partial charge >= 0.3 is 0 Å². The first kappa shape index (κ1) is 24.9. The van der Waals surface area contributed by atoms with Gasteiger partial charge in [-0.2, -0.15) is 0 Å². The highest BCUT2D eigenvalue weighted by Gasteiger charge is 2.15. The highest BCUT2D eigenvalue weighted by molar-refractivity contribution is 5.94. The lowest BCUT2D eigenvalue weighted by molar-refractivity contribution is 0.0962. The summed E-state index contributed by atoms with van der Waals surface area (Å²) in [4.78, 5) is 25.1. The number of amides is 1. The van der Waals surface area contributed by atoms with Crippen molar-refractivity contribution in [3.05, 3.63) is 60.0 Å². The van der Waals surface area contributed by atoms with Crippen molar-refractivity contribution >= 4 is 17.5 Å². The fraction of sp³-hybridized carbons (Fsp3) is 0.360. The molecule has 4 N–H and O–H groups in total. The van der Waals surface area contributed by atoms with Gasteiger partial charge < -0.3 is 26.0 Å². The molecule has 0 aliphatic rings. The Balaban J connectivity index is 1.63. The maximum absolute atomic E-state index is 11.9. The van der Waals surface area contributed by atoms with Crippen molar-refractivity contribution in [2.45, 2.75) is 19.3 Å². The van der Waals surface area contributed by atoms with E-state index in [1.54, 1.807) is 26.6 Å². The summed E-state index contributed by atoms with van der Waals surface area (Å²) in [6.07, 6.45) is 4.39. The summed E-state index contributed by atoms with van der Waals surface area (Å²) in [5.74, 6) is 2.24. The summed E-state index contributed by atoms with van der Waals surface area (Å²) >= 11 is 0. The molecular weight excluding hydrogens is 430 g/mol. The molecule has 3 aromatic rings. The summed E-state index contributed by atoms with van der Waals surface area (Å²) in [7, 11) is 5.17. The first-order chi connectivity index (χ1) is 16.5. The average Bonchev–Trinajstić information content (AvgIpc) is 2.89. The fourth-order valence-corrected chi connectivity index (χ4v) is 3.51. The molecule has 1 aromatic carbocycles. The molecule has 0 saturated heterocycles. The molecule has 0 radical (unpaired) electrons. The van der Waals surface area contributed by atoms with E-state index in [4.69, 9.17) is 4.74 Å². The van der Waals surface area contributed by atoms with Gasteiger partial charge in [0.05, 0.1) is 12.8 Å². The van der Waals surface area contributed by atoms with Crippen LogP contribution in [-0.2, 0) is 0 Å². The molecule has 180 valence electrons. The van der Waals surface area contributed by atoms with Crippen LogP contribution in [0.5, 0.6) is 5.75 Å². The van der Waals surface area contributed by atoms with Gasteiger partial charge in [-0.25, -0.2) is 15.0 Å². The Hall–Kier alpha value is -3.72. The maximum Gasteiger partial charge on any atom is 0.251 e. The minimum atomic E-state index is -0.142. The van der Waals surface area contributed by atoms with Crippen molar-refractivity contribution in [2.24, 2.45) is 0 Å². The van der Waals surface area contributed by atoms with Crippen molar-refractivity contribution in [1.29, 1.82) is 0 Å². The van der Waals surface area contributed by atoms with Crippen LogP contribution in [0.1, 0.15) is 35.2 Å². The third kappa shape index (κ3) is 6.64. The Bertz CT molecular complexity index is 1070. The van der Waals surface area contributed by atoms with Crippen LogP contribution in [-0.4, -0.2) is 61.7 Å². The second-order valence-electron chi connectivity index (χ2n) is 7.92. The molecule has 1 atom stereocenters. The molecule has 9 heteroatoms. The largest absolute Gasteiger partial charge is 0.496 e. The van der Waals surface area contributed by atoms with Gasteiger partial charge in [0.1, 0.15) is 23.7 Å². The van der Waals surface area contributed by atoms with E-state index in [1.165, 1.54) is 0 Å². The van der Waals surface area contributed by atoms with Crippen LogP contribution >= 0.6 is 0 Å². The van der Waals surface area contributed by atoms with Crippen molar-refractivity contribution in [2.75, 3.05) is 51.5 Å². The second kappa shape index (κ2) is 12.5. The highest BCUT2D eigenvalue weighted by Crippen LogP contribution is 2.28. The number of hydrogen-bond acceptors (Lipinski definition) is 8. The lowest BCUT2D eigenvalue weighted by atomic mass is 9.98. The van der Waals surface area contributed by atoms with E-state index in [0.717, 1.165) is 48.0 Å². The van der Waals surface area contributed by atoms with Gasteiger partial charge in [-0.15, -0.1) is 0 Å². The van der Waals surface area contributed by atoms with Gasteiger partial charge in [-0.1, -0.05) is 13.0 Å². The van der Waals surface area contributed by atoms with E-state index in [9.17, 15) is 4.79 Å². The molecule has 3 rings (SSSR count). The van der Waals surface area contributed by atoms with Crippen molar-refractivity contribution in [1.82, 2.24) is 25.6 Å². The van der Waals surface area contributed by atoms with Crippen molar-refractivity contribution < 1.29 is 9.53 Å². The van der Waals surface area contributed by atoms with Crippen LogP contribution in [0.25, 0.3) is 11.3 Å². The lowest BCUT2D eigenvalue weighted by Crippen LogP contribution is -2.18. The number of rotatable bonds is 12. The van der Waals surface area contributed by atoms with Gasteiger partial charge in [0.2, 0.25) is 0 Å². The van der Waals surface area contributed by atoms with Crippen LogP contribution in [0.15, 0.2) is 48.9 Å². The van der Waals surface area contributed by atoms with Crippen molar-refractivity contribution in [3.63, 3.8) is 0 Å². The molecule has 34 heavy (non-hydrogen) atoms. The molecule has 2 heterocycles. The number of benzene rings is 1. The first-order valence-corrected chi connectivity index (χ1v) is 11.4. The predicted molar refractivity (Wildman–Crippen MR) is 136 cm³/mol. The standard InChI is InChI=1S/C25H33N7O2/c1-17(20-8-6-18(25(33)27-3)12-22(20)34-4)14-29-24-13-21(31-16-32-24)19-7-9-23(30-15-19)28-11-5-10-26-2/h6-9,12-13,15-17,26H,5,10-11,14H2,1-4H3,(H,27,33)(H,28,30)(H,29,31,32)/t17-/m1/s1. The molecule has 9 nitrogen and oxygen atoms in total. The summed E-state index contributed by atoms with van der Waals surface area (Å²) in [5, 5.41) is 12.5. The van der Waals surface area contributed by atoms with Gasteiger partial charge in [-0.3, -0.25) is 4.79 Å². The second-order valence-corrected chi connectivity index (χ2v) is 7.92. The van der Waals surface area contributed by atoms with Crippen LogP contribution in [0, 0.1) is 0 Å². The molecule has 0 unspecified atom stereocenters. The van der Waals surface area contributed by atoms with Crippen molar-refractivity contribution in [3.8, 4) is 17.0 Å². The summed E-state index contributed by atoms with van der Waals surface area (Å²) < 4.78 is 5.53. The number of nitrogens with zero attached hydrogens (tertiary/aromatic N) is 3. The maximum atomic E-state index is 11.9. The molecule has 0 fully saturated rings. The molecule has 0 spiro atoms. The zero-order valence-corrected chi connectivity index (χ0v) is 20.2. The molecule has 0 bridgehead atoms. The number of pyridine rings is 1. The highest BCUT2D eigenvalue weighted by atomic mass is 16.5. The minimum absolute atomic E-state index is 0.127.